The predicted molar refractivity (Wildman–Crippen MR) is 78.4 cm³/mol. The topological polar surface area (TPSA) is 29.9 Å². The molecule has 0 aliphatic carbocycles. The van der Waals surface area contributed by atoms with Crippen molar-refractivity contribution in [3.05, 3.63) is 45.7 Å². The van der Waals surface area contributed by atoms with Gasteiger partial charge < -0.3 is 5.32 Å². The van der Waals surface area contributed by atoms with Crippen LogP contribution in [0.2, 0.25) is 0 Å². The standard InChI is InChI=1S/C14H18BrN3/c1-10-8-13(15)4-5-14(10)18-9-12(6-7-16-3)11(2)17-18/h4-5,8-9,16H,6-7H2,1-3H3. The van der Waals surface area contributed by atoms with E-state index in [2.05, 4.69) is 58.5 Å². The van der Waals surface area contributed by atoms with Crippen molar-refractivity contribution >= 4 is 15.9 Å². The van der Waals surface area contributed by atoms with Crippen LogP contribution in [0.1, 0.15) is 16.8 Å². The van der Waals surface area contributed by atoms with Crippen LogP contribution in [-0.4, -0.2) is 23.4 Å². The van der Waals surface area contributed by atoms with Gasteiger partial charge in [-0.25, -0.2) is 4.68 Å². The van der Waals surface area contributed by atoms with E-state index in [1.54, 1.807) is 0 Å². The van der Waals surface area contributed by atoms with Crippen LogP contribution in [0.3, 0.4) is 0 Å². The van der Waals surface area contributed by atoms with Crippen molar-refractivity contribution in [1.29, 1.82) is 0 Å². The molecule has 0 bridgehead atoms. The molecule has 0 saturated heterocycles. The number of aromatic nitrogens is 2. The van der Waals surface area contributed by atoms with Gasteiger partial charge in [-0.05, 0) is 63.2 Å². The van der Waals surface area contributed by atoms with Gasteiger partial charge in [-0.1, -0.05) is 15.9 Å². The van der Waals surface area contributed by atoms with E-state index in [-0.39, 0.29) is 0 Å². The van der Waals surface area contributed by atoms with E-state index in [9.17, 15) is 0 Å². The highest BCUT2D eigenvalue weighted by molar-refractivity contribution is 9.10. The summed E-state index contributed by atoms with van der Waals surface area (Å²) >= 11 is 3.48. The van der Waals surface area contributed by atoms with Gasteiger partial charge >= 0.3 is 0 Å². The van der Waals surface area contributed by atoms with Gasteiger partial charge in [-0.3, -0.25) is 0 Å². The molecular formula is C14H18BrN3. The quantitative estimate of drug-likeness (QED) is 0.941. The van der Waals surface area contributed by atoms with Gasteiger partial charge in [-0.2, -0.15) is 5.10 Å². The minimum Gasteiger partial charge on any atom is -0.319 e. The Kier molecular flexibility index (Phi) is 4.19. The van der Waals surface area contributed by atoms with E-state index in [0.29, 0.717) is 0 Å². The first-order valence-electron chi connectivity index (χ1n) is 6.08. The van der Waals surface area contributed by atoms with Crippen molar-refractivity contribution in [2.75, 3.05) is 13.6 Å². The Bertz CT molecular complexity index is 546. The monoisotopic (exact) mass is 307 g/mol. The third-order valence-corrected chi connectivity index (χ3v) is 3.54. The number of nitrogens with zero attached hydrogens (tertiary/aromatic N) is 2. The summed E-state index contributed by atoms with van der Waals surface area (Å²) in [5.74, 6) is 0. The molecule has 0 atom stereocenters. The van der Waals surface area contributed by atoms with Gasteiger partial charge in [0.25, 0.3) is 0 Å². The molecule has 2 aromatic rings. The molecule has 1 N–H and O–H groups in total. The van der Waals surface area contributed by atoms with E-state index < -0.39 is 0 Å². The molecule has 0 fully saturated rings. The van der Waals surface area contributed by atoms with Gasteiger partial charge in [0.05, 0.1) is 11.4 Å². The van der Waals surface area contributed by atoms with Crippen LogP contribution in [0.15, 0.2) is 28.9 Å². The highest BCUT2D eigenvalue weighted by Crippen LogP contribution is 2.20. The molecule has 0 unspecified atom stereocenters. The maximum absolute atomic E-state index is 4.60. The Balaban J connectivity index is 2.33. The Morgan fingerprint density at radius 1 is 1.33 bits per heavy atom. The van der Waals surface area contributed by atoms with Crippen LogP contribution in [0, 0.1) is 13.8 Å². The zero-order valence-electron chi connectivity index (χ0n) is 11.0. The molecule has 3 nitrogen and oxygen atoms in total. The van der Waals surface area contributed by atoms with Gasteiger partial charge in [0.2, 0.25) is 0 Å². The maximum atomic E-state index is 4.60. The molecule has 0 radical (unpaired) electrons. The smallest absolute Gasteiger partial charge is 0.0675 e. The molecule has 0 saturated carbocycles. The zero-order valence-corrected chi connectivity index (χ0v) is 12.6. The fraction of sp³-hybridized carbons (Fsp3) is 0.357. The molecule has 18 heavy (non-hydrogen) atoms. The second-order valence-corrected chi connectivity index (χ2v) is 5.38. The van der Waals surface area contributed by atoms with Crippen LogP contribution in [-0.2, 0) is 6.42 Å². The lowest BCUT2D eigenvalue weighted by Gasteiger charge is -2.05. The van der Waals surface area contributed by atoms with E-state index in [1.807, 2.05) is 17.8 Å². The fourth-order valence-corrected chi connectivity index (χ4v) is 2.48. The molecule has 1 heterocycles. The molecule has 0 aliphatic heterocycles. The molecular weight excluding hydrogens is 290 g/mol. The summed E-state index contributed by atoms with van der Waals surface area (Å²) in [7, 11) is 1.97. The Labute approximate surface area is 116 Å². The molecule has 2 rings (SSSR count). The first-order valence-corrected chi connectivity index (χ1v) is 6.87. The molecule has 4 heteroatoms. The molecule has 1 aromatic heterocycles. The first-order chi connectivity index (χ1) is 8.61. The lowest BCUT2D eigenvalue weighted by molar-refractivity contribution is 0.788. The lowest BCUT2D eigenvalue weighted by atomic mass is 10.2. The number of benzene rings is 1. The summed E-state index contributed by atoms with van der Waals surface area (Å²) in [6.45, 7) is 5.14. The summed E-state index contributed by atoms with van der Waals surface area (Å²) in [4.78, 5) is 0. The van der Waals surface area contributed by atoms with E-state index in [0.717, 1.165) is 28.8 Å². The average Bonchev–Trinajstić information content (AvgIpc) is 2.68. The number of hydrogen-bond donors (Lipinski definition) is 1. The average molecular weight is 308 g/mol. The second-order valence-electron chi connectivity index (χ2n) is 4.47. The number of nitrogens with one attached hydrogen (secondary N) is 1. The molecule has 1 aromatic carbocycles. The van der Waals surface area contributed by atoms with E-state index in [4.69, 9.17) is 0 Å². The summed E-state index contributed by atoms with van der Waals surface area (Å²) < 4.78 is 3.07. The Morgan fingerprint density at radius 3 is 2.78 bits per heavy atom. The van der Waals surface area contributed by atoms with Crippen LogP contribution < -0.4 is 5.32 Å². The fourth-order valence-electron chi connectivity index (χ4n) is 2.00. The SMILES string of the molecule is CNCCc1cn(-c2ccc(Br)cc2C)nc1C. The highest BCUT2D eigenvalue weighted by atomic mass is 79.9. The molecule has 96 valence electrons. The van der Waals surface area contributed by atoms with Crippen molar-refractivity contribution in [3.63, 3.8) is 0 Å². The lowest BCUT2D eigenvalue weighted by Crippen LogP contribution is -2.10. The number of aryl methyl sites for hydroxylation is 2. The van der Waals surface area contributed by atoms with Gasteiger partial charge in [0, 0.05) is 10.7 Å². The van der Waals surface area contributed by atoms with Gasteiger partial charge in [0.15, 0.2) is 0 Å². The molecule has 0 aliphatic rings. The van der Waals surface area contributed by atoms with Crippen LogP contribution >= 0.6 is 15.9 Å². The number of likely N-dealkylation sites (N-methyl/N-ethyl adjacent to an activating group) is 1. The summed E-state index contributed by atoms with van der Waals surface area (Å²) in [6.07, 6.45) is 3.14. The zero-order chi connectivity index (χ0) is 13.1. The Morgan fingerprint density at radius 2 is 2.11 bits per heavy atom. The maximum Gasteiger partial charge on any atom is 0.0675 e. The van der Waals surface area contributed by atoms with Crippen LogP contribution in [0.25, 0.3) is 5.69 Å². The van der Waals surface area contributed by atoms with E-state index >= 15 is 0 Å². The number of hydrogen-bond acceptors (Lipinski definition) is 2. The predicted octanol–water partition coefficient (Wildman–Crippen LogP) is 3.01. The number of halogens is 1. The minimum absolute atomic E-state index is 0.978. The third kappa shape index (κ3) is 2.82. The van der Waals surface area contributed by atoms with E-state index in [1.165, 1.54) is 11.1 Å². The normalized spacial score (nSPS) is 10.9. The van der Waals surface area contributed by atoms with Crippen molar-refractivity contribution in [2.24, 2.45) is 0 Å². The van der Waals surface area contributed by atoms with Crippen molar-refractivity contribution in [1.82, 2.24) is 15.1 Å². The summed E-state index contributed by atoms with van der Waals surface area (Å²) in [5, 5.41) is 7.77. The van der Waals surface area contributed by atoms with Crippen molar-refractivity contribution in [3.8, 4) is 5.69 Å². The largest absolute Gasteiger partial charge is 0.319 e. The van der Waals surface area contributed by atoms with Crippen molar-refractivity contribution < 1.29 is 0 Å². The number of rotatable bonds is 4. The van der Waals surface area contributed by atoms with Gasteiger partial charge in [-0.15, -0.1) is 0 Å². The van der Waals surface area contributed by atoms with Crippen molar-refractivity contribution in [2.45, 2.75) is 20.3 Å². The van der Waals surface area contributed by atoms with Crippen LogP contribution in [0.5, 0.6) is 0 Å². The molecule has 0 amide bonds. The first kappa shape index (κ1) is 13.3. The minimum atomic E-state index is 0.978. The van der Waals surface area contributed by atoms with Gasteiger partial charge in [0.1, 0.15) is 0 Å². The Hall–Kier alpha value is -1.13. The second kappa shape index (κ2) is 5.67. The highest BCUT2D eigenvalue weighted by Gasteiger charge is 2.07. The third-order valence-electron chi connectivity index (χ3n) is 3.05. The summed E-state index contributed by atoms with van der Waals surface area (Å²) in [5.41, 5.74) is 4.75. The summed E-state index contributed by atoms with van der Waals surface area (Å²) in [6, 6.07) is 6.25. The van der Waals surface area contributed by atoms with Crippen LogP contribution in [0.4, 0.5) is 0 Å². The molecule has 0 spiro atoms.